The number of rotatable bonds is 43. The summed E-state index contributed by atoms with van der Waals surface area (Å²) in [5, 5.41) is 0. The molecule has 316 valence electrons. The molecule has 0 bridgehead atoms. The lowest BCUT2D eigenvalue weighted by Crippen LogP contribution is -2.30. The van der Waals surface area contributed by atoms with Crippen molar-refractivity contribution in [1.29, 1.82) is 0 Å². The van der Waals surface area contributed by atoms with E-state index in [9.17, 15) is 9.59 Å². The summed E-state index contributed by atoms with van der Waals surface area (Å²) in [4.78, 5) is 25.2. The van der Waals surface area contributed by atoms with Crippen molar-refractivity contribution in [3.05, 3.63) is 36.5 Å². The number of hydrogen-bond donors (Lipinski definition) is 0. The van der Waals surface area contributed by atoms with Gasteiger partial charge in [-0.2, -0.15) is 0 Å². The second-order valence-corrected chi connectivity index (χ2v) is 15.7. The van der Waals surface area contributed by atoms with E-state index in [1.165, 1.54) is 148 Å². The smallest absolute Gasteiger partial charge is 0.306 e. The molecular formula is C49H90O5. The highest BCUT2D eigenvalue weighted by Gasteiger charge is 2.17. The molecule has 0 aromatic rings. The van der Waals surface area contributed by atoms with E-state index in [2.05, 4.69) is 57.2 Å². The number of hydrogen-bond acceptors (Lipinski definition) is 5. The first-order valence-corrected chi connectivity index (χ1v) is 23.5. The molecule has 1 unspecified atom stereocenters. The van der Waals surface area contributed by atoms with E-state index in [1.807, 2.05) is 0 Å². The topological polar surface area (TPSA) is 61.8 Å². The first-order chi connectivity index (χ1) is 26.6. The first kappa shape index (κ1) is 52.1. The predicted molar refractivity (Wildman–Crippen MR) is 233 cm³/mol. The number of ether oxygens (including phenoxy) is 3. The van der Waals surface area contributed by atoms with Crippen LogP contribution in [0.15, 0.2) is 36.5 Å². The van der Waals surface area contributed by atoms with Crippen LogP contribution in [0.5, 0.6) is 0 Å². The molecule has 0 saturated carbocycles. The summed E-state index contributed by atoms with van der Waals surface area (Å²) in [6.07, 6.45) is 52.8. The first-order valence-electron chi connectivity index (χ1n) is 23.5. The SMILES string of the molecule is CCC/C=C\C/C=C\CCCCCCCCOCC(COC(=O)CCCCCCC/C=C\CCCCCCCC)OC(=O)CCCCCCCCCCC. The molecule has 0 fully saturated rings. The Labute approximate surface area is 336 Å². The lowest BCUT2D eigenvalue weighted by Gasteiger charge is -2.18. The number of unbranched alkanes of at least 4 members (excludes halogenated alkanes) is 26. The zero-order valence-electron chi connectivity index (χ0n) is 36.2. The lowest BCUT2D eigenvalue weighted by atomic mass is 10.1. The maximum atomic E-state index is 12.7. The number of allylic oxidation sites excluding steroid dienone is 6. The molecule has 0 aromatic carbocycles. The van der Waals surface area contributed by atoms with Crippen molar-refractivity contribution >= 4 is 11.9 Å². The van der Waals surface area contributed by atoms with Gasteiger partial charge in [-0.25, -0.2) is 0 Å². The van der Waals surface area contributed by atoms with E-state index in [4.69, 9.17) is 14.2 Å². The third-order valence-corrected chi connectivity index (χ3v) is 10.1. The van der Waals surface area contributed by atoms with Gasteiger partial charge in [0.15, 0.2) is 6.10 Å². The van der Waals surface area contributed by atoms with E-state index in [0.29, 0.717) is 19.4 Å². The molecule has 5 heteroatoms. The summed E-state index contributed by atoms with van der Waals surface area (Å²) in [6, 6.07) is 0. The minimum absolute atomic E-state index is 0.0802. The zero-order chi connectivity index (χ0) is 39.3. The van der Waals surface area contributed by atoms with Gasteiger partial charge in [0.2, 0.25) is 0 Å². The Morgan fingerprint density at radius 3 is 1.31 bits per heavy atom. The van der Waals surface area contributed by atoms with Crippen molar-refractivity contribution in [2.24, 2.45) is 0 Å². The average molecular weight is 759 g/mol. The number of carbonyl (C=O) groups is 2. The molecule has 0 heterocycles. The Hall–Kier alpha value is -1.88. The third kappa shape index (κ3) is 42.9. The van der Waals surface area contributed by atoms with Gasteiger partial charge in [0.25, 0.3) is 0 Å². The maximum Gasteiger partial charge on any atom is 0.306 e. The molecule has 0 aliphatic rings. The van der Waals surface area contributed by atoms with Crippen LogP contribution in [0, 0.1) is 0 Å². The molecule has 0 radical (unpaired) electrons. The second-order valence-electron chi connectivity index (χ2n) is 15.7. The Kier molecular flexibility index (Phi) is 43.9. The molecule has 1 atom stereocenters. The Balaban J connectivity index is 4.22. The van der Waals surface area contributed by atoms with Crippen LogP contribution in [0.25, 0.3) is 0 Å². The van der Waals surface area contributed by atoms with Crippen molar-refractivity contribution in [2.75, 3.05) is 19.8 Å². The highest BCUT2D eigenvalue weighted by molar-refractivity contribution is 5.70. The Bertz CT molecular complexity index is 862. The van der Waals surface area contributed by atoms with Gasteiger partial charge < -0.3 is 14.2 Å². The second kappa shape index (κ2) is 45.5. The van der Waals surface area contributed by atoms with Crippen molar-refractivity contribution in [3.63, 3.8) is 0 Å². The summed E-state index contributed by atoms with van der Waals surface area (Å²) in [7, 11) is 0. The van der Waals surface area contributed by atoms with Crippen LogP contribution in [-0.4, -0.2) is 37.9 Å². The largest absolute Gasteiger partial charge is 0.462 e. The lowest BCUT2D eigenvalue weighted by molar-refractivity contribution is -0.163. The summed E-state index contributed by atoms with van der Waals surface area (Å²) >= 11 is 0. The fraction of sp³-hybridized carbons (Fsp3) is 0.837. The van der Waals surface area contributed by atoms with E-state index in [1.54, 1.807) is 0 Å². The fourth-order valence-electron chi connectivity index (χ4n) is 6.60. The molecule has 0 spiro atoms. The van der Waals surface area contributed by atoms with Crippen LogP contribution < -0.4 is 0 Å². The van der Waals surface area contributed by atoms with Gasteiger partial charge in [0.05, 0.1) is 6.61 Å². The third-order valence-electron chi connectivity index (χ3n) is 10.1. The quantitative estimate of drug-likeness (QED) is 0.0352. The number of carbonyl (C=O) groups excluding carboxylic acids is 2. The van der Waals surface area contributed by atoms with Crippen LogP contribution in [0.2, 0.25) is 0 Å². The standard InChI is InChI=1S/C49H90O5/c1-4-7-10-13-16-19-21-23-25-26-28-31-33-36-39-42-48(50)53-46-47(54-49(51)43-40-37-34-30-18-15-12-9-6-3)45-52-44-41-38-35-32-29-27-24-22-20-17-14-11-8-5-2/h11,14,20,22-23,25,47H,4-10,12-13,15-19,21,24,26-46H2,1-3H3/b14-11-,22-20-,25-23-. The van der Waals surface area contributed by atoms with E-state index >= 15 is 0 Å². The van der Waals surface area contributed by atoms with Gasteiger partial charge in [0.1, 0.15) is 6.61 Å². The van der Waals surface area contributed by atoms with Gasteiger partial charge >= 0.3 is 11.9 Å². The van der Waals surface area contributed by atoms with Crippen LogP contribution in [0.3, 0.4) is 0 Å². The Morgan fingerprint density at radius 2 is 0.815 bits per heavy atom. The molecule has 0 aromatic heterocycles. The monoisotopic (exact) mass is 759 g/mol. The number of esters is 2. The fourth-order valence-corrected chi connectivity index (χ4v) is 6.60. The van der Waals surface area contributed by atoms with Crippen LogP contribution >= 0.6 is 0 Å². The van der Waals surface area contributed by atoms with Crippen LogP contribution in [0.1, 0.15) is 239 Å². The zero-order valence-corrected chi connectivity index (χ0v) is 36.2. The minimum Gasteiger partial charge on any atom is -0.462 e. The van der Waals surface area contributed by atoms with Gasteiger partial charge in [0, 0.05) is 19.4 Å². The highest BCUT2D eigenvalue weighted by Crippen LogP contribution is 2.14. The van der Waals surface area contributed by atoms with E-state index < -0.39 is 6.10 Å². The molecule has 0 aliphatic carbocycles. The van der Waals surface area contributed by atoms with Crippen molar-refractivity contribution in [3.8, 4) is 0 Å². The van der Waals surface area contributed by atoms with Crippen LogP contribution in [-0.2, 0) is 23.8 Å². The summed E-state index contributed by atoms with van der Waals surface area (Å²) in [6.45, 7) is 7.73. The molecule has 0 rings (SSSR count). The minimum atomic E-state index is -0.538. The predicted octanol–water partition coefficient (Wildman–Crippen LogP) is 15.4. The Morgan fingerprint density at radius 1 is 0.407 bits per heavy atom. The highest BCUT2D eigenvalue weighted by atomic mass is 16.6. The van der Waals surface area contributed by atoms with Gasteiger partial charge in [-0.1, -0.05) is 192 Å². The molecule has 0 saturated heterocycles. The normalized spacial score (nSPS) is 12.4. The summed E-state index contributed by atoms with van der Waals surface area (Å²) < 4.78 is 17.3. The van der Waals surface area contributed by atoms with E-state index in [-0.39, 0.29) is 25.2 Å². The summed E-state index contributed by atoms with van der Waals surface area (Å²) in [5.41, 5.74) is 0. The van der Waals surface area contributed by atoms with Gasteiger partial charge in [-0.3, -0.25) is 9.59 Å². The van der Waals surface area contributed by atoms with Crippen molar-refractivity contribution < 1.29 is 23.8 Å². The van der Waals surface area contributed by atoms with Gasteiger partial charge in [-0.15, -0.1) is 0 Å². The molecule has 0 aliphatic heterocycles. The molecular weight excluding hydrogens is 669 g/mol. The summed E-state index contributed by atoms with van der Waals surface area (Å²) in [5.74, 6) is -0.408. The van der Waals surface area contributed by atoms with Crippen LogP contribution in [0.4, 0.5) is 0 Å². The average Bonchev–Trinajstić information content (AvgIpc) is 3.17. The molecule has 0 amide bonds. The van der Waals surface area contributed by atoms with Crippen molar-refractivity contribution in [2.45, 2.75) is 245 Å². The molecule has 0 N–H and O–H groups in total. The van der Waals surface area contributed by atoms with E-state index in [0.717, 1.165) is 57.8 Å². The maximum absolute atomic E-state index is 12.7. The molecule has 5 nitrogen and oxygen atoms in total. The van der Waals surface area contributed by atoms with Crippen molar-refractivity contribution in [1.82, 2.24) is 0 Å². The molecule has 54 heavy (non-hydrogen) atoms. The van der Waals surface area contributed by atoms with Gasteiger partial charge in [-0.05, 0) is 70.6 Å².